The number of aromatic nitrogens is 1. The summed E-state index contributed by atoms with van der Waals surface area (Å²) in [7, 11) is 0. The lowest BCUT2D eigenvalue weighted by atomic mass is 9.96. The molecule has 2 aromatic carbocycles. The van der Waals surface area contributed by atoms with Gasteiger partial charge in [0.05, 0.1) is 0 Å². The highest BCUT2D eigenvalue weighted by Gasteiger charge is 2.15. The molecule has 3 N–H and O–H groups in total. The van der Waals surface area contributed by atoms with Crippen molar-refractivity contribution in [2.24, 2.45) is 5.92 Å². The van der Waals surface area contributed by atoms with E-state index in [9.17, 15) is 9.59 Å². The lowest BCUT2D eigenvalue weighted by molar-refractivity contribution is 0.102. The molecule has 0 radical (unpaired) electrons. The molecule has 0 fully saturated rings. The largest absolute Gasteiger partial charge is 0.362 e. The Kier molecular flexibility index (Phi) is 4.98. The molecular weight excluding hydrogens is 350 g/mol. The number of H-pyrrole nitrogens is 1. The average Bonchev–Trinajstić information content (AvgIpc) is 2.78. The molecule has 1 unspecified atom stereocenters. The van der Waals surface area contributed by atoms with Crippen molar-refractivity contribution in [3.8, 4) is 0 Å². The van der Waals surface area contributed by atoms with Crippen LogP contribution in [-0.2, 0) is 6.42 Å². The Morgan fingerprint density at radius 3 is 2.93 bits per heavy atom. The lowest BCUT2D eigenvalue weighted by Gasteiger charge is -2.15. The molecule has 1 atom stereocenters. The summed E-state index contributed by atoms with van der Waals surface area (Å²) >= 11 is 0. The van der Waals surface area contributed by atoms with Crippen molar-refractivity contribution < 1.29 is 4.79 Å². The number of hydrogen-bond donors (Lipinski definition) is 3. The third-order valence-electron chi connectivity index (χ3n) is 5.15. The van der Waals surface area contributed by atoms with Gasteiger partial charge >= 0.3 is 0 Å². The van der Waals surface area contributed by atoms with Crippen molar-refractivity contribution in [1.82, 2.24) is 4.98 Å². The molecule has 0 saturated carbocycles. The van der Waals surface area contributed by atoms with E-state index >= 15 is 0 Å². The molecule has 1 amide bonds. The summed E-state index contributed by atoms with van der Waals surface area (Å²) < 4.78 is 0. The van der Waals surface area contributed by atoms with Crippen LogP contribution in [0.3, 0.4) is 0 Å². The first-order chi connectivity index (χ1) is 13.6. The Hall–Kier alpha value is -3.34. The SMILES string of the molecule is CC1CC/C=C\Nc2cc(NC(=O)c3c[nH]c4ccccc4c3=O)ccc2C1. The molecule has 2 heterocycles. The summed E-state index contributed by atoms with van der Waals surface area (Å²) in [5.74, 6) is 0.179. The maximum absolute atomic E-state index is 12.7. The van der Waals surface area contributed by atoms with Crippen molar-refractivity contribution in [3.05, 3.63) is 82.3 Å². The first-order valence-corrected chi connectivity index (χ1v) is 9.58. The predicted octanol–water partition coefficient (Wildman–Crippen LogP) is 4.68. The van der Waals surface area contributed by atoms with Gasteiger partial charge in [0.25, 0.3) is 5.91 Å². The molecule has 1 aliphatic heterocycles. The third-order valence-corrected chi connectivity index (χ3v) is 5.15. The van der Waals surface area contributed by atoms with Gasteiger partial charge in [-0.05, 0) is 61.2 Å². The van der Waals surface area contributed by atoms with Gasteiger partial charge in [0, 0.05) is 28.5 Å². The fourth-order valence-electron chi connectivity index (χ4n) is 3.59. The second-order valence-electron chi connectivity index (χ2n) is 7.34. The Bertz CT molecular complexity index is 1110. The summed E-state index contributed by atoms with van der Waals surface area (Å²) in [6, 6.07) is 13.0. The van der Waals surface area contributed by atoms with Crippen LogP contribution in [0.15, 0.2) is 65.7 Å². The number of para-hydroxylation sites is 1. The number of carbonyl (C=O) groups excluding carboxylic acids is 1. The average molecular weight is 373 g/mol. The standard InChI is InChI=1S/C23H23N3O2/c1-15-6-4-5-11-24-21-13-17(10-9-16(21)12-15)26-23(28)19-14-25-20-8-3-2-7-18(20)22(19)27/h2-3,5,7-11,13-15,24H,4,6,12H2,1H3,(H,25,27)(H,26,28)/b11-5-. The number of nitrogens with one attached hydrogen (secondary N) is 3. The molecule has 0 aliphatic carbocycles. The van der Waals surface area contributed by atoms with Crippen LogP contribution < -0.4 is 16.1 Å². The molecule has 142 valence electrons. The summed E-state index contributed by atoms with van der Waals surface area (Å²) in [6.07, 6.45) is 8.75. The minimum absolute atomic E-state index is 0.101. The Labute approximate surface area is 163 Å². The maximum atomic E-state index is 12.7. The van der Waals surface area contributed by atoms with E-state index in [1.54, 1.807) is 12.1 Å². The van der Waals surface area contributed by atoms with Crippen molar-refractivity contribution in [2.45, 2.75) is 26.2 Å². The minimum Gasteiger partial charge on any atom is -0.362 e. The van der Waals surface area contributed by atoms with Crippen LogP contribution in [0.4, 0.5) is 11.4 Å². The van der Waals surface area contributed by atoms with Crippen LogP contribution in [0.25, 0.3) is 10.9 Å². The zero-order valence-electron chi connectivity index (χ0n) is 15.8. The van der Waals surface area contributed by atoms with Gasteiger partial charge in [0.2, 0.25) is 5.43 Å². The van der Waals surface area contributed by atoms with Crippen LogP contribution in [0, 0.1) is 5.92 Å². The van der Waals surface area contributed by atoms with Crippen molar-refractivity contribution in [2.75, 3.05) is 10.6 Å². The second kappa shape index (κ2) is 7.72. The first kappa shape index (κ1) is 18.0. The van der Waals surface area contributed by atoms with E-state index in [0.717, 1.165) is 24.9 Å². The number of aromatic amines is 1. The van der Waals surface area contributed by atoms with E-state index in [2.05, 4.69) is 28.6 Å². The van der Waals surface area contributed by atoms with Crippen molar-refractivity contribution in [1.29, 1.82) is 0 Å². The summed E-state index contributed by atoms with van der Waals surface area (Å²) in [5, 5.41) is 6.67. The lowest BCUT2D eigenvalue weighted by Crippen LogP contribution is -2.22. The van der Waals surface area contributed by atoms with E-state index in [1.807, 2.05) is 36.5 Å². The summed E-state index contributed by atoms with van der Waals surface area (Å²) in [5.41, 5.74) is 3.40. The predicted molar refractivity (Wildman–Crippen MR) is 114 cm³/mol. The number of fused-ring (bicyclic) bond motifs is 2. The van der Waals surface area contributed by atoms with E-state index in [-0.39, 0.29) is 11.0 Å². The molecule has 4 rings (SSSR count). The molecule has 1 aliphatic rings. The molecule has 0 saturated heterocycles. The van der Waals surface area contributed by atoms with E-state index in [4.69, 9.17) is 0 Å². The highest BCUT2D eigenvalue weighted by atomic mass is 16.2. The number of pyridine rings is 1. The van der Waals surface area contributed by atoms with Crippen LogP contribution in [0.5, 0.6) is 0 Å². The number of rotatable bonds is 2. The van der Waals surface area contributed by atoms with Gasteiger partial charge in [0.1, 0.15) is 5.56 Å². The van der Waals surface area contributed by atoms with Crippen LogP contribution in [-0.4, -0.2) is 10.9 Å². The van der Waals surface area contributed by atoms with Gasteiger partial charge in [-0.1, -0.05) is 31.2 Å². The molecule has 5 heteroatoms. The molecule has 3 aromatic rings. The topological polar surface area (TPSA) is 74.0 Å². The second-order valence-corrected chi connectivity index (χ2v) is 7.34. The third kappa shape index (κ3) is 3.69. The number of hydrogen-bond acceptors (Lipinski definition) is 3. The van der Waals surface area contributed by atoms with E-state index in [1.165, 1.54) is 11.8 Å². The maximum Gasteiger partial charge on any atom is 0.261 e. The Morgan fingerprint density at radius 1 is 1.18 bits per heavy atom. The molecular formula is C23H23N3O2. The molecule has 0 bridgehead atoms. The Morgan fingerprint density at radius 2 is 2.04 bits per heavy atom. The highest BCUT2D eigenvalue weighted by Crippen LogP contribution is 2.26. The smallest absolute Gasteiger partial charge is 0.261 e. The van der Waals surface area contributed by atoms with Gasteiger partial charge in [-0.2, -0.15) is 0 Å². The van der Waals surface area contributed by atoms with Crippen LogP contribution >= 0.6 is 0 Å². The van der Waals surface area contributed by atoms with Gasteiger partial charge < -0.3 is 15.6 Å². The van der Waals surface area contributed by atoms with E-state index in [0.29, 0.717) is 22.5 Å². The zero-order valence-corrected chi connectivity index (χ0v) is 15.8. The Balaban J connectivity index is 1.62. The van der Waals surface area contributed by atoms with Crippen LogP contribution in [0.1, 0.15) is 35.7 Å². The van der Waals surface area contributed by atoms with Gasteiger partial charge in [-0.25, -0.2) is 0 Å². The molecule has 1 aromatic heterocycles. The number of carbonyl (C=O) groups is 1. The normalized spacial score (nSPS) is 17.5. The number of amides is 1. The molecule has 5 nitrogen and oxygen atoms in total. The number of allylic oxidation sites excluding steroid dienone is 1. The van der Waals surface area contributed by atoms with Crippen molar-refractivity contribution in [3.63, 3.8) is 0 Å². The zero-order chi connectivity index (χ0) is 19.5. The summed E-state index contributed by atoms with van der Waals surface area (Å²) in [4.78, 5) is 28.4. The van der Waals surface area contributed by atoms with Gasteiger partial charge in [-0.15, -0.1) is 0 Å². The highest BCUT2D eigenvalue weighted by molar-refractivity contribution is 6.05. The number of benzene rings is 2. The molecule has 28 heavy (non-hydrogen) atoms. The first-order valence-electron chi connectivity index (χ1n) is 9.58. The fraction of sp³-hybridized carbons (Fsp3) is 0.217. The van der Waals surface area contributed by atoms with Gasteiger partial charge in [0.15, 0.2) is 0 Å². The van der Waals surface area contributed by atoms with Crippen molar-refractivity contribution >= 4 is 28.2 Å². The fourth-order valence-corrected chi connectivity index (χ4v) is 3.59. The minimum atomic E-state index is -0.418. The quantitative estimate of drug-likeness (QED) is 0.611. The van der Waals surface area contributed by atoms with Gasteiger partial charge in [-0.3, -0.25) is 9.59 Å². The molecule has 0 spiro atoms. The summed E-state index contributed by atoms with van der Waals surface area (Å²) in [6.45, 7) is 2.25. The monoisotopic (exact) mass is 373 g/mol. The van der Waals surface area contributed by atoms with E-state index < -0.39 is 5.91 Å². The van der Waals surface area contributed by atoms with Crippen LogP contribution in [0.2, 0.25) is 0 Å². The number of anilines is 2.